The second-order valence-corrected chi connectivity index (χ2v) is 7.55. The average Bonchev–Trinajstić information content (AvgIpc) is 3.02. The van der Waals surface area contributed by atoms with Gasteiger partial charge in [-0.1, -0.05) is 17.7 Å². The Bertz CT molecular complexity index is 948. The monoisotopic (exact) mass is 409 g/mol. The van der Waals surface area contributed by atoms with Crippen LogP contribution < -0.4 is 20.1 Å². The van der Waals surface area contributed by atoms with Crippen molar-refractivity contribution in [3.63, 3.8) is 0 Å². The first-order chi connectivity index (χ1) is 14.4. The SMILES string of the molecule is Cc1ccc(Oc2ccc(OCC(=O)N3CCC4(CC3)NC(=O)NC4=O)cc2)cc1. The molecule has 0 bridgehead atoms. The molecule has 0 unspecified atom stereocenters. The van der Waals surface area contributed by atoms with E-state index in [1.807, 2.05) is 31.2 Å². The summed E-state index contributed by atoms with van der Waals surface area (Å²) in [5, 5.41) is 4.94. The standard InChI is InChI=1S/C22H23N3O5/c1-15-2-4-17(5-3-15)30-18-8-6-16(7-9-18)29-14-19(26)25-12-10-22(11-13-25)20(27)23-21(28)24-22/h2-9H,10-14H2,1H3,(H2,23,24,27,28). The number of benzene rings is 2. The highest BCUT2D eigenvalue weighted by atomic mass is 16.5. The van der Waals surface area contributed by atoms with Crippen LogP contribution in [0.4, 0.5) is 4.79 Å². The number of ether oxygens (including phenoxy) is 2. The molecule has 0 aromatic heterocycles. The van der Waals surface area contributed by atoms with Gasteiger partial charge in [-0.2, -0.15) is 0 Å². The minimum atomic E-state index is -0.887. The molecule has 30 heavy (non-hydrogen) atoms. The fraction of sp³-hybridized carbons (Fsp3) is 0.318. The van der Waals surface area contributed by atoms with Crippen molar-refractivity contribution in [2.24, 2.45) is 0 Å². The van der Waals surface area contributed by atoms with Gasteiger partial charge in [0.1, 0.15) is 22.8 Å². The molecule has 0 aliphatic carbocycles. The van der Waals surface area contributed by atoms with Gasteiger partial charge in [0.2, 0.25) is 0 Å². The van der Waals surface area contributed by atoms with Crippen molar-refractivity contribution in [3.05, 3.63) is 54.1 Å². The zero-order chi connectivity index (χ0) is 21.1. The van der Waals surface area contributed by atoms with Gasteiger partial charge in [0.15, 0.2) is 6.61 Å². The second kappa shape index (κ2) is 8.06. The van der Waals surface area contributed by atoms with Crippen molar-refractivity contribution in [3.8, 4) is 17.2 Å². The van der Waals surface area contributed by atoms with E-state index in [2.05, 4.69) is 10.6 Å². The van der Waals surface area contributed by atoms with Gasteiger partial charge < -0.3 is 19.7 Å². The van der Waals surface area contributed by atoms with Crippen LogP contribution in [-0.2, 0) is 9.59 Å². The Hall–Kier alpha value is -3.55. The highest BCUT2D eigenvalue weighted by Gasteiger charge is 2.48. The highest BCUT2D eigenvalue weighted by molar-refractivity contribution is 6.07. The number of aryl methyl sites for hydroxylation is 1. The molecule has 0 radical (unpaired) electrons. The molecular weight excluding hydrogens is 386 g/mol. The largest absolute Gasteiger partial charge is 0.484 e. The quantitative estimate of drug-likeness (QED) is 0.739. The summed E-state index contributed by atoms with van der Waals surface area (Å²) in [6.45, 7) is 2.70. The number of carbonyl (C=O) groups excluding carboxylic acids is 3. The summed E-state index contributed by atoms with van der Waals surface area (Å²) in [5.74, 6) is 1.52. The molecule has 0 saturated carbocycles. The van der Waals surface area contributed by atoms with E-state index in [9.17, 15) is 14.4 Å². The van der Waals surface area contributed by atoms with Crippen LogP contribution in [0.3, 0.4) is 0 Å². The topological polar surface area (TPSA) is 97.0 Å². The van der Waals surface area contributed by atoms with Crippen LogP contribution >= 0.6 is 0 Å². The Labute approximate surface area is 174 Å². The van der Waals surface area contributed by atoms with Gasteiger partial charge >= 0.3 is 6.03 Å². The van der Waals surface area contributed by atoms with E-state index in [1.165, 1.54) is 0 Å². The molecule has 4 rings (SSSR count). The average molecular weight is 409 g/mol. The summed E-state index contributed by atoms with van der Waals surface area (Å²) < 4.78 is 11.4. The predicted molar refractivity (Wildman–Crippen MR) is 108 cm³/mol. The Morgan fingerprint density at radius 1 is 0.967 bits per heavy atom. The van der Waals surface area contributed by atoms with E-state index in [1.54, 1.807) is 29.2 Å². The Morgan fingerprint density at radius 3 is 2.10 bits per heavy atom. The number of carbonyl (C=O) groups is 3. The Morgan fingerprint density at radius 2 is 1.53 bits per heavy atom. The zero-order valence-corrected chi connectivity index (χ0v) is 16.6. The van der Waals surface area contributed by atoms with Crippen molar-refractivity contribution >= 4 is 17.8 Å². The maximum Gasteiger partial charge on any atom is 0.322 e. The van der Waals surface area contributed by atoms with Crippen molar-refractivity contribution in [2.75, 3.05) is 19.7 Å². The Balaban J connectivity index is 1.25. The Kier molecular flexibility index (Phi) is 5.31. The lowest BCUT2D eigenvalue weighted by Crippen LogP contribution is -2.56. The van der Waals surface area contributed by atoms with Gasteiger partial charge in [0, 0.05) is 13.1 Å². The third-order valence-corrected chi connectivity index (χ3v) is 5.43. The summed E-state index contributed by atoms with van der Waals surface area (Å²) in [4.78, 5) is 37.5. The zero-order valence-electron chi connectivity index (χ0n) is 16.6. The van der Waals surface area contributed by atoms with Crippen molar-refractivity contribution in [1.29, 1.82) is 0 Å². The smallest absolute Gasteiger partial charge is 0.322 e. The molecule has 2 fully saturated rings. The number of rotatable bonds is 5. The van der Waals surface area contributed by atoms with Crippen LogP contribution in [-0.4, -0.2) is 48.0 Å². The molecule has 8 nitrogen and oxygen atoms in total. The molecule has 2 heterocycles. The first-order valence-electron chi connectivity index (χ1n) is 9.82. The number of hydrogen-bond donors (Lipinski definition) is 2. The molecular formula is C22H23N3O5. The molecule has 2 N–H and O–H groups in total. The number of imide groups is 1. The van der Waals surface area contributed by atoms with E-state index in [0.717, 1.165) is 11.3 Å². The van der Waals surface area contributed by atoms with E-state index < -0.39 is 11.6 Å². The minimum absolute atomic E-state index is 0.0935. The maximum absolute atomic E-state index is 12.4. The van der Waals surface area contributed by atoms with E-state index in [-0.39, 0.29) is 18.4 Å². The summed E-state index contributed by atoms with van der Waals surface area (Å²) in [6, 6.07) is 14.4. The van der Waals surface area contributed by atoms with Gasteiger partial charge in [-0.05, 0) is 56.2 Å². The van der Waals surface area contributed by atoms with Gasteiger partial charge in [-0.25, -0.2) is 4.79 Å². The van der Waals surface area contributed by atoms with E-state index in [0.29, 0.717) is 37.4 Å². The lowest BCUT2D eigenvalue weighted by molar-refractivity contribution is -0.137. The van der Waals surface area contributed by atoms with Crippen LogP contribution in [0.25, 0.3) is 0 Å². The van der Waals surface area contributed by atoms with Gasteiger partial charge in [-0.15, -0.1) is 0 Å². The molecule has 4 amide bonds. The summed E-state index contributed by atoms with van der Waals surface area (Å²) in [6.07, 6.45) is 0.780. The lowest BCUT2D eigenvalue weighted by atomic mass is 9.88. The van der Waals surface area contributed by atoms with Gasteiger partial charge in [0.05, 0.1) is 0 Å². The molecule has 2 aromatic carbocycles. The number of hydrogen-bond acceptors (Lipinski definition) is 5. The molecule has 2 aliphatic heterocycles. The van der Waals surface area contributed by atoms with Crippen molar-refractivity contribution in [2.45, 2.75) is 25.3 Å². The third-order valence-electron chi connectivity index (χ3n) is 5.43. The molecule has 8 heteroatoms. The summed E-state index contributed by atoms with van der Waals surface area (Å²) in [5.41, 5.74) is 0.276. The fourth-order valence-electron chi connectivity index (χ4n) is 3.60. The van der Waals surface area contributed by atoms with Gasteiger partial charge in [0.25, 0.3) is 11.8 Å². The molecule has 0 atom stereocenters. The highest BCUT2D eigenvalue weighted by Crippen LogP contribution is 2.26. The van der Waals surface area contributed by atoms with Crippen LogP contribution in [0, 0.1) is 6.92 Å². The van der Waals surface area contributed by atoms with Crippen LogP contribution in [0.15, 0.2) is 48.5 Å². The fourth-order valence-corrected chi connectivity index (χ4v) is 3.60. The number of nitrogens with zero attached hydrogens (tertiary/aromatic N) is 1. The molecule has 2 aliphatic rings. The maximum atomic E-state index is 12.4. The predicted octanol–water partition coefficient (Wildman–Crippen LogP) is 2.37. The number of nitrogens with one attached hydrogen (secondary N) is 2. The third kappa shape index (κ3) is 4.22. The van der Waals surface area contributed by atoms with E-state index >= 15 is 0 Å². The second-order valence-electron chi connectivity index (χ2n) is 7.55. The van der Waals surface area contributed by atoms with Gasteiger partial charge in [-0.3, -0.25) is 14.9 Å². The van der Waals surface area contributed by atoms with E-state index in [4.69, 9.17) is 9.47 Å². The summed E-state index contributed by atoms with van der Waals surface area (Å²) >= 11 is 0. The summed E-state index contributed by atoms with van der Waals surface area (Å²) in [7, 11) is 0. The molecule has 1 spiro atoms. The van der Waals surface area contributed by atoms with Crippen LogP contribution in [0.1, 0.15) is 18.4 Å². The molecule has 2 saturated heterocycles. The number of piperidine rings is 1. The lowest BCUT2D eigenvalue weighted by Gasteiger charge is -2.36. The van der Waals surface area contributed by atoms with Crippen molar-refractivity contribution in [1.82, 2.24) is 15.5 Å². The number of likely N-dealkylation sites (tertiary alicyclic amines) is 1. The van der Waals surface area contributed by atoms with Crippen molar-refractivity contribution < 1.29 is 23.9 Å². The molecule has 156 valence electrons. The number of amides is 4. The minimum Gasteiger partial charge on any atom is -0.484 e. The van der Waals surface area contributed by atoms with Crippen LogP contribution in [0.2, 0.25) is 0 Å². The normalized spacial score (nSPS) is 17.4. The molecule has 2 aromatic rings. The first-order valence-corrected chi connectivity index (χ1v) is 9.82. The first kappa shape index (κ1) is 19.8. The van der Waals surface area contributed by atoms with Crippen LogP contribution in [0.5, 0.6) is 17.2 Å². The number of urea groups is 1.